The normalized spacial score (nSPS) is 11.2. The summed E-state index contributed by atoms with van der Waals surface area (Å²) in [5, 5.41) is 8.42. The van der Waals surface area contributed by atoms with Crippen LogP contribution in [0.5, 0.6) is 5.75 Å². The second-order valence-corrected chi connectivity index (χ2v) is 8.50. The first kappa shape index (κ1) is 26.6. The van der Waals surface area contributed by atoms with Gasteiger partial charge in [0.05, 0.1) is 12.3 Å². The van der Waals surface area contributed by atoms with Gasteiger partial charge in [-0.2, -0.15) is 4.98 Å². The van der Waals surface area contributed by atoms with Crippen LogP contribution in [0, 0.1) is 0 Å². The molecule has 4 rings (SSSR count). The molecule has 3 aromatic carbocycles. The van der Waals surface area contributed by atoms with Gasteiger partial charge in [-0.1, -0.05) is 83.1 Å². The Labute approximate surface area is 222 Å². The minimum absolute atomic E-state index is 0.164. The second-order valence-electron chi connectivity index (χ2n) is 8.50. The third-order valence-electron chi connectivity index (χ3n) is 5.65. The maximum Gasteiger partial charge on any atom is 0.305 e. The zero-order valence-corrected chi connectivity index (χ0v) is 21.4. The Balaban J connectivity index is 1.26. The Morgan fingerprint density at radius 2 is 1.58 bits per heavy atom. The molecule has 0 unspecified atom stereocenters. The first-order valence-corrected chi connectivity index (χ1v) is 12.7. The number of esters is 1. The molecule has 0 fully saturated rings. The van der Waals surface area contributed by atoms with Gasteiger partial charge in [-0.05, 0) is 49.4 Å². The highest BCUT2D eigenvalue weighted by Gasteiger charge is 2.10. The summed E-state index contributed by atoms with van der Waals surface area (Å²) in [4.78, 5) is 21.6. The SMILES string of the molecule is CCOC(=O)CCCCC(=NOCc1ccc(OCc2nc(-c3ccccc3)no2)cc1)c1ccccc1. The fourth-order valence-electron chi connectivity index (χ4n) is 3.70. The standard InChI is InChI=1S/C30H31N3O5/c1-2-35-29(34)16-10-9-15-27(24-11-5-3-6-12-24)32-37-21-23-17-19-26(20-18-23)36-22-28-31-30(33-38-28)25-13-7-4-8-14-25/h3-8,11-14,17-20H,2,9-10,15-16,21-22H2,1H3. The molecular formula is C30H31N3O5. The average Bonchev–Trinajstić information content (AvgIpc) is 3.44. The smallest absolute Gasteiger partial charge is 0.305 e. The van der Waals surface area contributed by atoms with E-state index >= 15 is 0 Å². The molecule has 0 aliphatic heterocycles. The Morgan fingerprint density at radius 1 is 0.868 bits per heavy atom. The van der Waals surface area contributed by atoms with E-state index in [1.165, 1.54) is 0 Å². The Bertz CT molecular complexity index is 1290. The quantitative estimate of drug-likeness (QED) is 0.0838. The van der Waals surface area contributed by atoms with Crippen LogP contribution in [0.4, 0.5) is 0 Å². The molecular weight excluding hydrogens is 482 g/mol. The topological polar surface area (TPSA) is 96.0 Å². The molecule has 0 bridgehead atoms. The number of benzene rings is 3. The van der Waals surface area contributed by atoms with Crippen LogP contribution in [-0.2, 0) is 27.6 Å². The van der Waals surface area contributed by atoms with Crippen molar-refractivity contribution in [1.29, 1.82) is 0 Å². The van der Waals surface area contributed by atoms with Crippen LogP contribution in [0.1, 0.15) is 49.6 Å². The van der Waals surface area contributed by atoms with Crippen LogP contribution in [0.3, 0.4) is 0 Å². The molecule has 0 N–H and O–H groups in total. The minimum atomic E-state index is -0.164. The third kappa shape index (κ3) is 8.30. The molecule has 38 heavy (non-hydrogen) atoms. The van der Waals surface area contributed by atoms with Gasteiger partial charge in [0.25, 0.3) is 5.89 Å². The highest BCUT2D eigenvalue weighted by atomic mass is 16.6. The van der Waals surface area contributed by atoms with E-state index in [1.54, 1.807) is 0 Å². The molecule has 0 atom stereocenters. The van der Waals surface area contributed by atoms with E-state index in [1.807, 2.05) is 91.9 Å². The van der Waals surface area contributed by atoms with Gasteiger partial charge < -0.3 is 18.8 Å². The van der Waals surface area contributed by atoms with Gasteiger partial charge in [0.2, 0.25) is 5.82 Å². The van der Waals surface area contributed by atoms with E-state index in [0.29, 0.717) is 43.5 Å². The molecule has 1 aromatic heterocycles. The lowest BCUT2D eigenvalue weighted by molar-refractivity contribution is -0.143. The second kappa shape index (κ2) is 14.3. The molecule has 0 aliphatic rings. The van der Waals surface area contributed by atoms with Gasteiger partial charge in [-0.3, -0.25) is 4.79 Å². The van der Waals surface area contributed by atoms with E-state index < -0.39 is 0 Å². The van der Waals surface area contributed by atoms with E-state index in [9.17, 15) is 4.79 Å². The highest BCUT2D eigenvalue weighted by Crippen LogP contribution is 2.18. The highest BCUT2D eigenvalue weighted by molar-refractivity contribution is 6.00. The lowest BCUT2D eigenvalue weighted by Crippen LogP contribution is -2.05. The number of nitrogens with zero attached hydrogens (tertiary/aromatic N) is 3. The van der Waals surface area contributed by atoms with Crippen LogP contribution in [0.15, 0.2) is 94.6 Å². The monoisotopic (exact) mass is 513 g/mol. The minimum Gasteiger partial charge on any atom is -0.484 e. The average molecular weight is 514 g/mol. The van der Waals surface area contributed by atoms with Crippen molar-refractivity contribution in [1.82, 2.24) is 10.1 Å². The number of carbonyl (C=O) groups is 1. The van der Waals surface area contributed by atoms with Crippen LogP contribution < -0.4 is 4.74 Å². The van der Waals surface area contributed by atoms with Gasteiger partial charge in [0.1, 0.15) is 12.4 Å². The zero-order chi connectivity index (χ0) is 26.4. The molecule has 8 heteroatoms. The summed E-state index contributed by atoms with van der Waals surface area (Å²) in [6, 6.07) is 27.1. The van der Waals surface area contributed by atoms with Crippen molar-refractivity contribution in [2.24, 2.45) is 5.16 Å². The summed E-state index contributed by atoms with van der Waals surface area (Å²) < 4.78 is 16.1. The van der Waals surface area contributed by atoms with E-state index in [-0.39, 0.29) is 12.6 Å². The van der Waals surface area contributed by atoms with Crippen LogP contribution >= 0.6 is 0 Å². The van der Waals surface area contributed by atoms with Crippen molar-refractivity contribution in [3.05, 3.63) is 102 Å². The zero-order valence-electron chi connectivity index (χ0n) is 21.4. The lowest BCUT2D eigenvalue weighted by Gasteiger charge is -2.08. The molecule has 0 aliphatic carbocycles. The van der Waals surface area contributed by atoms with Crippen LogP contribution in [0.25, 0.3) is 11.4 Å². The Hall–Kier alpha value is -4.46. The molecule has 0 spiro atoms. The molecule has 0 saturated carbocycles. The number of rotatable bonds is 14. The number of hydrogen-bond acceptors (Lipinski definition) is 8. The van der Waals surface area contributed by atoms with Gasteiger partial charge >= 0.3 is 5.97 Å². The molecule has 0 amide bonds. The number of aromatic nitrogens is 2. The predicted octanol–water partition coefficient (Wildman–Crippen LogP) is 6.36. The first-order chi connectivity index (χ1) is 18.7. The first-order valence-electron chi connectivity index (χ1n) is 12.7. The molecule has 1 heterocycles. The molecule has 4 aromatic rings. The third-order valence-corrected chi connectivity index (χ3v) is 5.65. The van der Waals surface area contributed by atoms with Gasteiger partial charge in [-0.25, -0.2) is 0 Å². The summed E-state index contributed by atoms with van der Waals surface area (Å²) in [5.74, 6) is 1.46. The summed E-state index contributed by atoms with van der Waals surface area (Å²) in [6.07, 6.45) is 2.67. The van der Waals surface area contributed by atoms with Crippen molar-refractivity contribution in [2.75, 3.05) is 6.61 Å². The van der Waals surface area contributed by atoms with Crippen molar-refractivity contribution in [3.8, 4) is 17.1 Å². The molecule has 0 radical (unpaired) electrons. The maximum atomic E-state index is 11.6. The fraction of sp³-hybridized carbons (Fsp3) is 0.267. The van der Waals surface area contributed by atoms with E-state index in [2.05, 4.69) is 15.3 Å². The van der Waals surface area contributed by atoms with Crippen molar-refractivity contribution in [2.45, 2.75) is 45.8 Å². The summed E-state index contributed by atoms with van der Waals surface area (Å²) in [6.45, 7) is 2.72. The summed E-state index contributed by atoms with van der Waals surface area (Å²) in [7, 11) is 0. The van der Waals surface area contributed by atoms with Crippen molar-refractivity contribution >= 4 is 11.7 Å². The lowest BCUT2D eigenvalue weighted by atomic mass is 10.0. The number of unbranched alkanes of at least 4 members (excludes halogenated alkanes) is 1. The van der Waals surface area contributed by atoms with Crippen LogP contribution in [-0.4, -0.2) is 28.4 Å². The molecule has 196 valence electrons. The van der Waals surface area contributed by atoms with Gasteiger partial charge in [-0.15, -0.1) is 0 Å². The van der Waals surface area contributed by atoms with Gasteiger partial charge in [0, 0.05) is 12.0 Å². The van der Waals surface area contributed by atoms with Gasteiger partial charge in [0.15, 0.2) is 6.61 Å². The Kier molecular flexibility index (Phi) is 10.0. The largest absolute Gasteiger partial charge is 0.484 e. The number of hydrogen-bond donors (Lipinski definition) is 0. The number of oxime groups is 1. The van der Waals surface area contributed by atoms with Crippen molar-refractivity contribution in [3.63, 3.8) is 0 Å². The predicted molar refractivity (Wildman–Crippen MR) is 143 cm³/mol. The molecule has 8 nitrogen and oxygen atoms in total. The van der Waals surface area contributed by atoms with Crippen molar-refractivity contribution < 1.29 is 23.6 Å². The maximum absolute atomic E-state index is 11.6. The fourth-order valence-corrected chi connectivity index (χ4v) is 3.70. The molecule has 0 saturated heterocycles. The van der Waals surface area contributed by atoms with E-state index in [0.717, 1.165) is 35.2 Å². The van der Waals surface area contributed by atoms with Crippen LogP contribution in [0.2, 0.25) is 0 Å². The summed E-state index contributed by atoms with van der Waals surface area (Å²) >= 11 is 0. The Morgan fingerprint density at radius 3 is 2.32 bits per heavy atom. The number of ether oxygens (including phenoxy) is 2. The summed E-state index contributed by atoms with van der Waals surface area (Å²) in [5.41, 5.74) is 3.70. The van der Waals surface area contributed by atoms with E-state index in [4.69, 9.17) is 18.8 Å². The number of carbonyl (C=O) groups excluding carboxylic acids is 1.